The van der Waals surface area contributed by atoms with Gasteiger partial charge in [0, 0.05) is 47.9 Å². The molecular weight excluding hydrogens is 645 g/mol. The molecule has 0 bridgehead atoms. The van der Waals surface area contributed by atoms with E-state index in [4.69, 9.17) is 9.97 Å². The van der Waals surface area contributed by atoms with Crippen LogP contribution in [0.3, 0.4) is 0 Å². The fourth-order valence-corrected chi connectivity index (χ4v) is 8.43. The first-order valence-electron chi connectivity index (χ1n) is 18.2. The summed E-state index contributed by atoms with van der Waals surface area (Å²) in [6.07, 6.45) is 19.0. The number of allylic oxidation sites excluding steroid dienone is 4. The van der Waals surface area contributed by atoms with E-state index in [2.05, 4.69) is 45.2 Å². The van der Waals surface area contributed by atoms with Gasteiger partial charge in [-0.1, -0.05) is 82.5 Å². The molecular formula is C41H50N4O4S. The minimum absolute atomic E-state index is 0.0884. The average Bonchev–Trinajstić information content (AvgIpc) is 3.60. The first-order valence-corrected chi connectivity index (χ1v) is 19.0. The van der Waals surface area contributed by atoms with Crippen LogP contribution in [0.2, 0.25) is 0 Å². The lowest BCUT2D eigenvalue weighted by molar-refractivity contribution is -0.153. The molecule has 3 aromatic rings. The molecule has 1 aromatic carbocycles. The Bertz CT molecular complexity index is 1740. The molecule has 1 atom stereocenters. The van der Waals surface area contributed by atoms with Gasteiger partial charge in [-0.3, -0.25) is 14.4 Å². The Morgan fingerprint density at radius 3 is 2.22 bits per heavy atom. The number of thiophene rings is 1. The maximum absolute atomic E-state index is 13.5. The molecule has 0 unspecified atom stereocenters. The Morgan fingerprint density at radius 1 is 0.940 bits per heavy atom. The van der Waals surface area contributed by atoms with Crippen molar-refractivity contribution < 1.29 is 19.5 Å². The molecule has 50 heavy (non-hydrogen) atoms. The van der Waals surface area contributed by atoms with Crippen molar-refractivity contribution in [3.63, 3.8) is 0 Å². The number of benzene rings is 1. The molecule has 0 radical (unpaired) electrons. The lowest BCUT2D eigenvalue weighted by Crippen LogP contribution is -2.59. The smallest absolute Gasteiger partial charge is 0.310 e. The Labute approximate surface area is 300 Å². The number of hydrogen-bond acceptors (Lipinski definition) is 6. The normalized spacial score (nSPS) is 20.4. The Hall–Kier alpha value is -4.11. The van der Waals surface area contributed by atoms with E-state index in [1.54, 1.807) is 11.6 Å². The van der Waals surface area contributed by atoms with E-state index in [-0.39, 0.29) is 36.7 Å². The van der Waals surface area contributed by atoms with Crippen molar-refractivity contribution in [3.05, 3.63) is 87.4 Å². The van der Waals surface area contributed by atoms with Crippen LogP contribution in [0, 0.1) is 17.8 Å². The summed E-state index contributed by atoms with van der Waals surface area (Å²) in [5.74, 6) is 0.238. The molecule has 2 amide bonds. The second-order valence-corrected chi connectivity index (χ2v) is 16.4. The van der Waals surface area contributed by atoms with Crippen LogP contribution in [-0.2, 0) is 21.4 Å². The van der Waals surface area contributed by atoms with Gasteiger partial charge in [0.25, 0.3) is 5.91 Å². The predicted molar refractivity (Wildman–Crippen MR) is 199 cm³/mol. The monoisotopic (exact) mass is 694 g/mol. The van der Waals surface area contributed by atoms with Gasteiger partial charge in [0.1, 0.15) is 6.04 Å². The topological polar surface area (TPSA) is 112 Å². The van der Waals surface area contributed by atoms with Gasteiger partial charge in [0.2, 0.25) is 5.91 Å². The molecule has 8 nitrogen and oxygen atoms in total. The van der Waals surface area contributed by atoms with Gasteiger partial charge in [0.15, 0.2) is 5.82 Å². The molecule has 9 heteroatoms. The first kappa shape index (κ1) is 35.7. The lowest BCUT2D eigenvalue weighted by atomic mass is 9.75. The standard InChI is InChI=1S/C41H50N4O4S/c1-5-6-26-7-11-28(12-8-26)29-15-17-30(18-16-29)32-22-42-37(43-23-32)31-13-9-27(10-14-31)21-34(39(47)45-24-33(25-45)40(48)49)44-38(46)35-19-20-36(50-35)41(2,3)4/h9-10,13-15,17,19-20,22-23,26,28,33-34H,5-8,11-12,16,18,21,24-25H2,1-4H3,(H,44,46)(H,48,49)/t26-,28-,34-/m0/s1. The largest absolute Gasteiger partial charge is 0.481 e. The maximum atomic E-state index is 13.5. The van der Waals surface area contributed by atoms with Gasteiger partial charge in [0.05, 0.1) is 10.8 Å². The SMILES string of the molecule is CCC[C@H]1CC[C@H](C2=CC=C(c3cnc(-c4ccc(C[C@H](NC(=O)c5ccc(C(C)(C)C)s5)C(=O)N5CC(C(=O)O)C5)cc4)nc3)CC2)CC1. The van der Waals surface area contributed by atoms with Gasteiger partial charge in [-0.05, 0) is 79.0 Å². The van der Waals surface area contributed by atoms with Gasteiger partial charge < -0.3 is 15.3 Å². The zero-order valence-electron chi connectivity index (χ0n) is 29.8. The van der Waals surface area contributed by atoms with Gasteiger partial charge in [-0.2, -0.15) is 0 Å². The van der Waals surface area contributed by atoms with Gasteiger partial charge in [-0.25, -0.2) is 9.97 Å². The first-order chi connectivity index (χ1) is 24.0. The number of carboxylic acid groups (broad SMARTS) is 1. The molecule has 1 saturated carbocycles. The van der Waals surface area contributed by atoms with E-state index in [1.165, 1.54) is 60.3 Å². The van der Waals surface area contributed by atoms with Crippen molar-refractivity contribution in [2.24, 2.45) is 17.8 Å². The van der Waals surface area contributed by atoms with Crippen molar-refractivity contribution in [2.75, 3.05) is 13.1 Å². The number of carbonyl (C=O) groups excluding carboxylic acids is 2. The second-order valence-electron chi connectivity index (χ2n) is 15.4. The number of aliphatic carboxylic acids is 1. The minimum Gasteiger partial charge on any atom is -0.481 e. The van der Waals surface area contributed by atoms with Crippen LogP contribution >= 0.6 is 11.3 Å². The summed E-state index contributed by atoms with van der Waals surface area (Å²) in [4.78, 5) is 50.7. The third-order valence-electron chi connectivity index (χ3n) is 10.6. The highest BCUT2D eigenvalue weighted by Gasteiger charge is 2.39. The number of rotatable bonds is 11. The van der Waals surface area contributed by atoms with Crippen molar-refractivity contribution >= 4 is 34.7 Å². The summed E-state index contributed by atoms with van der Waals surface area (Å²) in [5.41, 5.74) is 5.60. The molecule has 2 aromatic heterocycles. The van der Waals surface area contributed by atoms with Gasteiger partial charge in [-0.15, -0.1) is 11.3 Å². The van der Waals surface area contributed by atoms with E-state index in [0.717, 1.165) is 46.2 Å². The highest BCUT2D eigenvalue weighted by Crippen LogP contribution is 2.39. The number of nitrogens with zero attached hydrogens (tertiary/aromatic N) is 3. The lowest BCUT2D eigenvalue weighted by Gasteiger charge is -2.38. The summed E-state index contributed by atoms with van der Waals surface area (Å²) in [7, 11) is 0. The number of nitrogens with one attached hydrogen (secondary N) is 1. The maximum Gasteiger partial charge on any atom is 0.310 e. The number of hydrogen-bond donors (Lipinski definition) is 2. The summed E-state index contributed by atoms with van der Waals surface area (Å²) in [5, 5.41) is 12.3. The molecule has 2 aliphatic carbocycles. The fourth-order valence-electron chi connectivity index (χ4n) is 7.46. The molecule has 1 saturated heterocycles. The minimum atomic E-state index is -0.912. The highest BCUT2D eigenvalue weighted by molar-refractivity contribution is 7.14. The van der Waals surface area contributed by atoms with Crippen LogP contribution < -0.4 is 5.32 Å². The molecule has 1 aliphatic heterocycles. The quantitative estimate of drug-likeness (QED) is 0.210. The van der Waals surface area contributed by atoms with Gasteiger partial charge >= 0.3 is 5.97 Å². The van der Waals surface area contributed by atoms with Crippen molar-refractivity contribution in [3.8, 4) is 11.4 Å². The molecule has 3 heterocycles. The van der Waals surface area contributed by atoms with Crippen LogP contribution in [0.15, 0.2) is 66.5 Å². The number of aromatic nitrogens is 2. The van der Waals surface area contributed by atoms with E-state index < -0.39 is 17.9 Å². The van der Waals surface area contributed by atoms with E-state index in [0.29, 0.717) is 10.7 Å². The van der Waals surface area contributed by atoms with Crippen LogP contribution in [0.4, 0.5) is 0 Å². The van der Waals surface area contributed by atoms with Crippen LogP contribution in [0.1, 0.15) is 105 Å². The molecule has 2 N–H and O–H groups in total. The van der Waals surface area contributed by atoms with E-state index >= 15 is 0 Å². The fraction of sp³-hybridized carbons (Fsp3) is 0.488. The summed E-state index contributed by atoms with van der Waals surface area (Å²) >= 11 is 1.42. The zero-order valence-corrected chi connectivity index (χ0v) is 30.6. The van der Waals surface area contributed by atoms with Crippen LogP contribution in [0.5, 0.6) is 0 Å². The average molecular weight is 695 g/mol. The molecule has 264 valence electrons. The number of carboxylic acids is 1. The second kappa shape index (κ2) is 15.4. The number of carbonyl (C=O) groups is 3. The summed E-state index contributed by atoms with van der Waals surface area (Å²) in [6.45, 7) is 8.88. The number of likely N-dealkylation sites (tertiary alicyclic amines) is 1. The summed E-state index contributed by atoms with van der Waals surface area (Å²) in [6, 6.07) is 10.7. The van der Waals surface area contributed by atoms with Crippen LogP contribution in [-0.4, -0.2) is 56.9 Å². The molecule has 6 rings (SSSR count). The Kier molecular flexibility index (Phi) is 11.0. The molecule has 3 aliphatic rings. The Balaban J connectivity index is 1.10. The van der Waals surface area contributed by atoms with Crippen molar-refractivity contribution in [1.29, 1.82) is 0 Å². The predicted octanol–water partition coefficient (Wildman–Crippen LogP) is 8.10. The summed E-state index contributed by atoms with van der Waals surface area (Å²) < 4.78 is 0. The van der Waals surface area contributed by atoms with Crippen molar-refractivity contribution in [1.82, 2.24) is 20.2 Å². The van der Waals surface area contributed by atoms with Crippen LogP contribution in [0.25, 0.3) is 17.0 Å². The Morgan fingerprint density at radius 2 is 1.64 bits per heavy atom. The third-order valence-corrected chi connectivity index (χ3v) is 12.1. The zero-order chi connectivity index (χ0) is 35.4. The molecule has 0 spiro atoms. The van der Waals surface area contributed by atoms with E-state index in [9.17, 15) is 19.5 Å². The third kappa shape index (κ3) is 8.43. The molecule has 2 fully saturated rings. The van der Waals surface area contributed by atoms with E-state index in [1.807, 2.05) is 42.7 Å². The number of amides is 2. The highest BCUT2D eigenvalue weighted by atomic mass is 32.1. The van der Waals surface area contributed by atoms with Crippen molar-refractivity contribution in [2.45, 2.75) is 96.9 Å².